The van der Waals surface area contributed by atoms with Gasteiger partial charge in [0.15, 0.2) is 0 Å². The number of carbonyl (C=O) groups excluding carboxylic acids is 1. The van der Waals surface area contributed by atoms with Gasteiger partial charge in [0.05, 0.1) is 24.5 Å². The van der Waals surface area contributed by atoms with Crippen molar-refractivity contribution in [3.05, 3.63) is 29.6 Å². The second kappa shape index (κ2) is 13.6. The third kappa shape index (κ3) is 7.76. The van der Waals surface area contributed by atoms with Crippen molar-refractivity contribution in [1.29, 1.82) is 0 Å². The van der Waals surface area contributed by atoms with Crippen LogP contribution in [0.2, 0.25) is 0 Å². The fourth-order valence-corrected chi connectivity index (χ4v) is 0.941. The van der Waals surface area contributed by atoms with Gasteiger partial charge in [0.1, 0.15) is 0 Å². The summed E-state index contributed by atoms with van der Waals surface area (Å²) in [5, 5.41) is 8.42. The Hall–Kier alpha value is -1.46. The molecule has 0 aromatic carbocycles. The first-order chi connectivity index (χ1) is 8.75. The number of hydrogen-bond acceptors (Lipinski definition) is 4. The van der Waals surface area contributed by atoms with Gasteiger partial charge < -0.3 is 5.11 Å². The van der Waals surface area contributed by atoms with Crippen molar-refractivity contribution in [2.24, 2.45) is 0 Å². The number of hydroxylamine groups is 1. The average Bonchev–Trinajstić information content (AvgIpc) is 2.44. The van der Waals surface area contributed by atoms with Crippen molar-refractivity contribution in [1.82, 2.24) is 10.5 Å². The normalized spacial score (nSPS) is 8.33. The lowest BCUT2D eigenvalue weighted by molar-refractivity contribution is 0.0167. The highest BCUT2D eigenvalue weighted by Gasteiger charge is 2.08. The number of hydrogen-bond donors (Lipinski definition) is 2. The number of rotatable bonds is 4. The summed E-state index contributed by atoms with van der Waals surface area (Å²) < 4.78 is 0. The summed E-state index contributed by atoms with van der Waals surface area (Å²) in [5.41, 5.74) is 3.30. The van der Waals surface area contributed by atoms with Gasteiger partial charge in [0, 0.05) is 6.20 Å². The van der Waals surface area contributed by atoms with Gasteiger partial charge in [-0.15, -0.1) is 0 Å². The number of nitrogens with zero attached hydrogens (tertiary/aromatic N) is 1. The first-order valence-corrected chi connectivity index (χ1v) is 6.20. The molecule has 2 N–H and O–H groups in total. The molecule has 1 aromatic rings. The molecule has 0 aliphatic rings. The van der Waals surface area contributed by atoms with Crippen LogP contribution in [0, 0.1) is 6.92 Å². The van der Waals surface area contributed by atoms with Crippen LogP contribution in [0.15, 0.2) is 18.3 Å². The first kappa shape index (κ1) is 18.9. The van der Waals surface area contributed by atoms with E-state index in [-0.39, 0.29) is 19.1 Å². The number of nitrogens with one attached hydrogen (secondary N) is 1. The molecule has 0 atom stereocenters. The van der Waals surface area contributed by atoms with Crippen LogP contribution in [0.1, 0.15) is 43.7 Å². The Balaban J connectivity index is 0. The molecule has 0 saturated carbocycles. The van der Waals surface area contributed by atoms with E-state index < -0.39 is 0 Å². The average molecular weight is 256 g/mol. The van der Waals surface area contributed by atoms with Crippen molar-refractivity contribution < 1.29 is 14.7 Å². The van der Waals surface area contributed by atoms with Gasteiger partial charge >= 0.3 is 0 Å². The largest absolute Gasteiger partial charge is 0.394 e. The smallest absolute Gasteiger partial charge is 0.276 e. The molecule has 0 unspecified atom stereocenters. The lowest BCUT2D eigenvalue weighted by atomic mass is 10.2. The predicted molar refractivity (Wildman–Crippen MR) is 72.2 cm³/mol. The van der Waals surface area contributed by atoms with Gasteiger partial charge in [-0.05, 0) is 19.1 Å². The molecule has 0 spiro atoms. The highest BCUT2D eigenvalue weighted by atomic mass is 16.7. The Morgan fingerprint density at radius 3 is 2.50 bits per heavy atom. The van der Waals surface area contributed by atoms with Crippen LogP contribution in [0.3, 0.4) is 0 Å². The molecule has 0 bridgehead atoms. The molecule has 5 heteroatoms. The number of pyridine rings is 1. The van der Waals surface area contributed by atoms with E-state index in [9.17, 15) is 4.79 Å². The summed E-state index contributed by atoms with van der Waals surface area (Å²) >= 11 is 0. The van der Waals surface area contributed by atoms with Crippen LogP contribution in [0.25, 0.3) is 0 Å². The molecule has 104 valence electrons. The zero-order valence-electron chi connectivity index (χ0n) is 11.9. The van der Waals surface area contributed by atoms with Crippen LogP contribution in [-0.4, -0.2) is 29.2 Å². The van der Waals surface area contributed by atoms with E-state index >= 15 is 0 Å². The first-order valence-electron chi connectivity index (χ1n) is 6.20. The second-order valence-corrected chi connectivity index (χ2v) is 2.64. The molecule has 0 saturated heterocycles. The number of amides is 1. The standard InChI is InChI=1S/C9H12N2O3.2C2H6/c1-7-8(3-2-4-10-7)9(13)11-14-6-5-12;2*1-2/h2-4,12H,5-6H2,1H3,(H,11,13);2*1-2H3. The maximum absolute atomic E-state index is 11.4. The minimum absolute atomic E-state index is 0.0745. The summed E-state index contributed by atoms with van der Waals surface area (Å²) in [4.78, 5) is 20.0. The van der Waals surface area contributed by atoms with E-state index in [1.807, 2.05) is 27.7 Å². The molecule has 1 heterocycles. The SMILES string of the molecule is CC.CC.Cc1ncccc1C(=O)NOCCO. The van der Waals surface area contributed by atoms with Crippen molar-refractivity contribution in [3.8, 4) is 0 Å². The van der Waals surface area contributed by atoms with E-state index in [1.54, 1.807) is 25.3 Å². The monoisotopic (exact) mass is 256 g/mol. The molecular formula is C13H24N2O3. The molecule has 5 nitrogen and oxygen atoms in total. The van der Waals surface area contributed by atoms with E-state index in [0.717, 1.165) is 0 Å². The van der Waals surface area contributed by atoms with Gasteiger partial charge in [-0.2, -0.15) is 0 Å². The summed E-state index contributed by atoms with van der Waals surface area (Å²) in [6, 6.07) is 3.33. The molecule has 0 aliphatic heterocycles. The maximum Gasteiger partial charge on any atom is 0.276 e. The molecule has 0 radical (unpaired) electrons. The zero-order valence-corrected chi connectivity index (χ0v) is 11.9. The minimum Gasteiger partial charge on any atom is -0.394 e. The van der Waals surface area contributed by atoms with Crippen LogP contribution in [-0.2, 0) is 4.84 Å². The molecule has 0 fully saturated rings. The second-order valence-electron chi connectivity index (χ2n) is 2.64. The number of carbonyl (C=O) groups is 1. The Bertz CT molecular complexity index is 317. The predicted octanol–water partition coefficient (Wildman–Crippen LogP) is 2.10. The van der Waals surface area contributed by atoms with Gasteiger partial charge in [-0.25, -0.2) is 5.48 Å². The fraction of sp³-hybridized carbons (Fsp3) is 0.538. The molecule has 18 heavy (non-hydrogen) atoms. The van der Waals surface area contributed by atoms with E-state index in [0.29, 0.717) is 11.3 Å². The Morgan fingerprint density at radius 1 is 1.39 bits per heavy atom. The topological polar surface area (TPSA) is 71.5 Å². The molecule has 0 aliphatic carbocycles. The third-order valence-corrected chi connectivity index (χ3v) is 1.61. The summed E-state index contributed by atoms with van der Waals surface area (Å²) in [5.74, 6) is -0.357. The summed E-state index contributed by atoms with van der Waals surface area (Å²) in [6.45, 7) is 9.68. The Labute approximate surface area is 109 Å². The van der Waals surface area contributed by atoms with Gasteiger partial charge in [-0.1, -0.05) is 27.7 Å². The molecule has 1 rings (SSSR count). The van der Waals surface area contributed by atoms with Gasteiger partial charge in [0.2, 0.25) is 0 Å². The number of aliphatic hydroxyl groups is 1. The molecule has 1 amide bonds. The van der Waals surface area contributed by atoms with Crippen molar-refractivity contribution in [2.45, 2.75) is 34.6 Å². The van der Waals surface area contributed by atoms with Crippen LogP contribution >= 0.6 is 0 Å². The Morgan fingerprint density at radius 2 is 2.00 bits per heavy atom. The fourth-order valence-electron chi connectivity index (χ4n) is 0.941. The van der Waals surface area contributed by atoms with Crippen molar-refractivity contribution >= 4 is 5.91 Å². The summed E-state index contributed by atoms with van der Waals surface area (Å²) in [7, 11) is 0. The lowest BCUT2D eigenvalue weighted by Gasteiger charge is -2.05. The third-order valence-electron chi connectivity index (χ3n) is 1.61. The number of aromatic nitrogens is 1. The molecule has 1 aromatic heterocycles. The van der Waals surface area contributed by atoms with Gasteiger partial charge in [-0.3, -0.25) is 14.6 Å². The quantitative estimate of drug-likeness (QED) is 0.639. The minimum atomic E-state index is -0.357. The Kier molecular flexibility index (Phi) is 14.3. The van der Waals surface area contributed by atoms with Crippen molar-refractivity contribution in [2.75, 3.05) is 13.2 Å². The van der Waals surface area contributed by atoms with E-state index in [2.05, 4.69) is 15.3 Å². The van der Waals surface area contributed by atoms with Crippen LogP contribution < -0.4 is 5.48 Å². The zero-order chi connectivity index (χ0) is 14.4. The van der Waals surface area contributed by atoms with Crippen LogP contribution in [0.5, 0.6) is 0 Å². The lowest BCUT2D eigenvalue weighted by Crippen LogP contribution is -2.26. The van der Waals surface area contributed by atoms with Crippen molar-refractivity contribution in [3.63, 3.8) is 0 Å². The highest BCUT2D eigenvalue weighted by molar-refractivity contribution is 5.94. The number of aliphatic hydroxyl groups excluding tert-OH is 1. The van der Waals surface area contributed by atoms with Gasteiger partial charge in [0.25, 0.3) is 5.91 Å². The molecular weight excluding hydrogens is 232 g/mol. The van der Waals surface area contributed by atoms with E-state index in [4.69, 9.17) is 5.11 Å². The number of aryl methyl sites for hydroxylation is 1. The van der Waals surface area contributed by atoms with E-state index in [1.165, 1.54) is 0 Å². The van der Waals surface area contributed by atoms with Crippen LogP contribution in [0.4, 0.5) is 0 Å². The maximum atomic E-state index is 11.4. The summed E-state index contributed by atoms with van der Waals surface area (Å²) in [6.07, 6.45) is 1.61. The highest BCUT2D eigenvalue weighted by Crippen LogP contribution is 2.02.